The molecule has 0 aliphatic heterocycles. The lowest BCUT2D eigenvalue weighted by molar-refractivity contribution is -0.143. The van der Waals surface area contributed by atoms with E-state index in [0.29, 0.717) is 25.9 Å². The Bertz CT molecular complexity index is 1030. The van der Waals surface area contributed by atoms with E-state index in [2.05, 4.69) is 31.3 Å². The van der Waals surface area contributed by atoms with Crippen molar-refractivity contribution in [3.8, 4) is 0 Å². The molecule has 0 heterocycles. The molecule has 6 nitrogen and oxygen atoms in total. The molecule has 0 spiro atoms. The first kappa shape index (κ1) is 67.6. The largest absolute Gasteiger partial charge is 0.466 e. The zero-order valence-corrected chi connectivity index (χ0v) is 46.8. The third-order valence-corrected chi connectivity index (χ3v) is 14.8. The van der Waals surface area contributed by atoms with Gasteiger partial charge in [-0.15, -0.1) is 0 Å². The highest BCUT2D eigenvalue weighted by Crippen LogP contribution is 2.18. The van der Waals surface area contributed by atoms with Gasteiger partial charge in [0.25, 0.3) is 0 Å². The maximum atomic E-state index is 12.5. The van der Waals surface area contributed by atoms with Gasteiger partial charge in [-0.25, -0.2) is 0 Å². The standard InChI is InChI=1S/C63H123NO5/c1-3-5-7-9-11-13-15-17-19-21-24-27-31-35-39-43-47-51-55-61(66)60(59-65)64-62(67)56-52-48-44-40-36-32-28-25-22-26-30-34-38-42-46-50-54-58-69-63(68)57-53-49-45-41-37-33-29-23-20-18-16-14-12-10-8-6-4-2/h22,26,60-61,65-66H,3-21,23-25,27-59H2,1-2H3,(H,64,67)/b26-22-. The molecule has 0 saturated heterocycles. The Balaban J connectivity index is 3.43. The number of ether oxygens (including phenoxy) is 1. The van der Waals surface area contributed by atoms with Crippen LogP contribution in [0.25, 0.3) is 0 Å². The maximum absolute atomic E-state index is 12.5. The fraction of sp³-hybridized carbons (Fsp3) is 0.937. The lowest BCUT2D eigenvalue weighted by Gasteiger charge is -2.22. The highest BCUT2D eigenvalue weighted by atomic mass is 16.5. The van der Waals surface area contributed by atoms with Crippen molar-refractivity contribution in [2.24, 2.45) is 0 Å². The molecule has 0 aliphatic rings. The van der Waals surface area contributed by atoms with Crippen molar-refractivity contribution in [3.63, 3.8) is 0 Å². The van der Waals surface area contributed by atoms with Crippen molar-refractivity contribution in [2.75, 3.05) is 13.2 Å². The molecular weight excluding hydrogens is 851 g/mol. The number of esters is 1. The summed E-state index contributed by atoms with van der Waals surface area (Å²) in [6.07, 6.45) is 70.7. The Hall–Kier alpha value is -1.40. The highest BCUT2D eigenvalue weighted by Gasteiger charge is 2.20. The van der Waals surface area contributed by atoms with E-state index in [9.17, 15) is 19.8 Å². The number of carbonyl (C=O) groups is 2. The summed E-state index contributed by atoms with van der Waals surface area (Å²) in [6, 6.07) is -0.550. The number of allylic oxidation sites excluding steroid dienone is 2. The van der Waals surface area contributed by atoms with Gasteiger partial charge in [0, 0.05) is 12.8 Å². The average Bonchev–Trinajstić information content (AvgIpc) is 3.35. The van der Waals surface area contributed by atoms with Crippen molar-refractivity contribution in [3.05, 3.63) is 12.2 Å². The Kier molecular flexibility index (Phi) is 58.0. The first-order valence-electron chi connectivity index (χ1n) is 31.4. The number of rotatable bonds is 59. The van der Waals surface area contributed by atoms with Crippen LogP contribution in [0.5, 0.6) is 0 Å². The van der Waals surface area contributed by atoms with Crippen LogP contribution >= 0.6 is 0 Å². The number of amides is 1. The van der Waals surface area contributed by atoms with E-state index < -0.39 is 12.1 Å². The van der Waals surface area contributed by atoms with Crippen molar-refractivity contribution in [1.82, 2.24) is 5.32 Å². The summed E-state index contributed by atoms with van der Waals surface area (Å²) in [4.78, 5) is 24.6. The van der Waals surface area contributed by atoms with Gasteiger partial charge < -0.3 is 20.3 Å². The zero-order valence-electron chi connectivity index (χ0n) is 46.8. The second-order valence-electron chi connectivity index (χ2n) is 21.7. The minimum absolute atomic E-state index is 0.00310. The van der Waals surface area contributed by atoms with E-state index in [1.54, 1.807) is 0 Å². The average molecular weight is 975 g/mol. The van der Waals surface area contributed by atoms with E-state index in [4.69, 9.17) is 4.74 Å². The Morgan fingerprint density at radius 1 is 0.391 bits per heavy atom. The number of carbonyl (C=O) groups excluding carboxylic acids is 2. The second-order valence-corrected chi connectivity index (χ2v) is 21.7. The van der Waals surface area contributed by atoms with E-state index in [0.717, 1.165) is 51.4 Å². The molecule has 410 valence electrons. The summed E-state index contributed by atoms with van der Waals surface area (Å²) >= 11 is 0. The Morgan fingerprint density at radius 3 is 1.03 bits per heavy atom. The van der Waals surface area contributed by atoms with Crippen LogP contribution in [0, 0.1) is 0 Å². The van der Waals surface area contributed by atoms with Crippen molar-refractivity contribution in [2.45, 2.75) is 366 Å². The maximum Gasteiger partial charge on any atom is 0.305 e. The van der Waals surface area contributed by atoms with Crippen molar-refractivity contribution >= 4 is 11.9 Å². The third kappa shape index (κ3) is 55.8. The van der Waals surface area contributed by atoms with E-state index in [1.165, 1.54) is 270 Å². The van der Waals surface area contributed by atoms with Crippen LogP contribution in [0.15, 0.2) is 12.2 Å². The van der Waals surface area contributed by atoms with Gasteiger partial charge in [-0.2, -0.15) is 0 Å². The minimum atomic E-state index is -0.672. The lowest BCUT2D eigenvalue weighted by atomic mass is 10.0. The number of unbranched alkanes of at least 4 members (excludes halogenated alkanes) is 46. The van der Waals surface area contributed by atoms with Crippen LogP contribution in [0.3, 0.4) is 0 Å². The van der Waals surface area contributed by atoms with Crippen molar-refractivity contribution in [1.29, 1.82) is 0 Å². The molecule has 0 rings (SSSR count). The molecule has 6 heteroatoms. The molecule has 69 heavy (non-hydrogen) atoms. The fourth-order valence-corrected chi connectivity index (χ4v) is 9.99. The quantitative estimate of drug-likeness (QED) is 0.0321. The normalized spacial score (nSPS) is 12.6. The lowest BCUT2D eigenvalue weighted by Crippen LogP contribution is -2.45. The SMILES string of the molecule is CCCCCCCCCCCCCCCCCCCCC(O)C(CO)NC(=O)CCCCCCCCC/C=C\CCCCCCCCOC(=O)CCCCCCCCCCCCCCCCCCC. The van der Waals surface area contributed by atoms with Crippen LogP contribution in [-0.4, -0.2) is 47.4 Å². The van der Waals surface area contributed by atoms with Gasteiger partial charge >= 0.3 is 5.97 Å². The molecule has 0 aromatic carbocycles. The number of aliphatic hydroxyl groups excluding tert-OH is 2. The molecule has 0 saturated carbocycles. The van der Waals surface area contributed by atoms with Gasteiger partial charge in [0.15, 0.2) is 0 Å². The Labute approximate surface area is 431 Å². The fourth-order valence-electron chi connectivity index (χ4n) is 9.99. The van der Waals surface area contributed by atoms with Gasteiger partial charge in [0.1, 0.15) is 0 Å². The summed E-state index contributed by atoms with van der Waals surface area (Å²) in [7, 11) is 0. The minimum Gasteiger partial charge on any atom is -0.466 e. The molecule has 0 aliphatic carbocycles. The van der Waals surface area contributed by atoms with E-state index in [1.807, 2.05) is 0 Å². The van der Waals surface area contributed by atoms with Gasteiger partial charge in [-0.1, -0.05) is 302 Å². The first-order valence-corrected chi connectivity index (χ1v) is 31.4. The van der Waals surface area contributed by atoms with Crippen LogP contribution < -0.4 is 5.32 Å². The summed E-state index contributed by atoms with van der Waals surface area (Å²) < 4.78 is 5.49. The monoisotopic (exact) mass is 974 g/mol. The summed E-state index contributed by atoms with van der Waals surface area (Å²) in [5.74, 6) is -0.0404. The highest BCUT2D eigenvalue weighted by molar-refractivity contribution is 5.76. The number of hydrogen-bond donors (Lipinski definition) is 3. The second kappa shape index (κ2) is 59.2. The number of hydrogen-bond acceptors (Lipinski definition) is 5. The predicted molar refractivity (Wildman–Crippen MR) is 301 cm³/mol. The van der Waals surface area contributed by atoms with Crippen LogP contribution in [-0.2, 0) is 14.3 Å². The smallest absolute Gasteiger partial charge is 0.305 e. The van der Waals surface area contributed by atoms with E-state index >= 15 is 0 Å². The zero-order chi connectivity index (χ0) is 50.0. The third-order valence-electron chi connectivity index (χ3n) is 14.8. The Morgan fingerprint density at radius 2 is 0.681 bits per heavy atom. The molecule has 2 atom stereocenters. The number of aliphatic hydroxyl groups is 2. The summed E-state index contributed by atoms with van der Waals surface area (Å²) in [5.41, 5.74) is 0. The summed E-state index contributed by atoms with van der Waals surface area (Å²) in [6.45, 7) is 4.97. The molecule has 0 radical (unpaired) electrons. The van der Waals surface area contributed by atoms with Crippen LogP contribution in [0.4, 0.5) is 0 Å². The molecule has 0 aromatic rings. The molecule has 3 N–H and O–H groups in total. The van der Waals surface area contributed by atoms with Gasteiger partial charge in [0.2, 0.25) is 5.91 Å². The van der Waals surface area contributed by atoms with Crippen LogP contribution in [0.2, 0.25) is 0 Å². The van der Waals surface area contributed by atoms with E-state index in [-0.39, 0.29) is 18.5 Å². The van der Waals surface area contributed by atoms with Gasteiger partial charge in [0.05, 0.1) is 25.4 Å². The molecule has 0 fully saturated rings. The molecule has 0 aromatic heterocycles. The molecule has 2 unspecified atom stereocenters. The predicted octanol–water partition coefficient (Wildman–Crippen LogP) is 19.6. The topological polar surface area (TPSA) is 95.9 Å². The number of nitrogens with one attached hydrogen (secondary N) is 1. The summed E-state index contributed by atoms with van der Waals surface area (Å²) in [5, 5.41) is 23.3. The molecule has 0 bridgehead atoms. The van der Waals surface area contributed by atoms with Crippen LogP contribution in [0.1, 0.15) is 354 Å². The molecule has 1 amide bonds. The molecular formula is C63H123NO5. The van der Waals surface area contributed by atoms with Crippen molar-refractivity contribution < 1.29 is 24.5 Å². The van der Waals surface area contributed by atoms with Gasteiger partial charge in [-0.05, 0) is 51.4 Å². The van der Waals surface area contributed by atoms with Gasteiger partial charge in [-0.3, -0.25) is 9.59 Å². The first-order chi connectivity index (χ1) is 34.0.